The average molecular weight is 276 g/mol. The Labute approximate surface area is 115 Å². The Bertz CT molecular complexity index is 601. The lowest BCUT2D eigenvalue weighted by atomic mass is 10.4. The predicted octanol–water partition coefficient (Wildman–Crippen LogP) is 0.777. The number of hydrogen-bond acceptors (Lipinski definition) is 5. The molecule has 1 fully saturated rings. The number of nitrogens with zero attached hydrogens (tertiary/aromatic N) is 4. The van der Waals surface area contributed by atoms with Gasteiger partial charge in [0, 0.05) is 19.2 Å². The summed E-state index contributed by atoms with van der Waals surface area (Å²) in [5, 5.41) is 13.6. The average Bonchev–Trinajstić information content (AvgIpc) is 3.01. The number of anilines is 1. The van der Waals surface area contributed by atoms with Crippen LogP contribution in [0.5, 0.6) is 0 Å². The predicted molar refractivity (Wildman–Crippen MR) is 70.4 cm³/mol. The molecule has 1 saturated carbocycles. The Balaban J connectivity index is 1.60. The first-order chi connectivity index (χ1) is 9.76. The van der Waals surface area contributed by atoms with E-state index >= 15 is 0 Å². The van der Waals surface area contributed by atoms with Crippen molar-refractivity contribution in [3.63, 3.8) is 0 Å². The normalized spacial score (nSPS) is 14.4. The van der Waals surface area contributed by atoms with E-state index in [-0.39, 0.29) is 11.7 Å². The fourth-order valence-corrected chi connectivity index (χ4v) is 1.84. The number of aromatic amines is 1. The lowest BCUT2D eigenvalue weighted by Gasteiger charge is -1.99. The van der Waals surface area contributed by atoms with Crippen molar-refractivity contribution in [3.8, 4) is 0 Å². The van der Waals surface area contributed by atoms with Gasteiger partial charge in [0.2, 0.25) is 5.82 Å². The van der Waals surface area contributed by atoms with Crippen LogP contribution in [0.25, 0.3) is 0 Å². The Morgan fingerprint density at radius 1 is 1.60 bits per heavy atom. The van der Waals surface area contributed by atoms with Crippen molar-refractivity contribution in [2.75, 3.05) is 19.0 Å². The molecule has 106 valence electrons. The summed E-state index contributed by atoms with van der Waals surface area (Å²) >= 11 is 0. The number of carbonyl (C=O) groups is 1. The molecule has 0 spiro atoms. The third-order valence-electron chi connectivity index (χ3n) is 3.09. The highest BCUT2D eigenvalue weighted by Crippen LogP contribution is 2.37. The van der Waals surface area contributed by atoms with E-state index in [0.29, 0.717) is 24.8 Å². The molecule has 2 aromatic heterocycles. The van der Waals surface area contributed by atoms with Crippen LogP contribution < -0.4 is 5.32 Å². The van der Waals surface area contributed by atoms with Gasteiger partial charge in [0.05, 0.1) is 25.0 Å². The number of rotatable bonds is 6. The number of amides is 1. The van der Waals surface area contributed by atoms with Gasteiger partial charge in [-0.2, -0.15) is 5.10 Å². The molecule has 0 aliphatic heterocycles. The van der Waals surface area contributed by atoms with E-state index in [2.05, 4.69) is 25.6 Å². The lowest BCUT2D eigenvalue weighted by Crippen LogP contribution is -2.13. The number of carbonyl (C=O) groups excluding carboxylic acids is 1. The molecule has 0 radical (unpaired) electrons. The third kappa shape index (κ3) is 2.85. The second kappa shape index (κ2) is 5.41. The largest absolute Gasteiger partial charge is 0.383 e. The van der Waals surface area contributed by atoms with E-state index < -0.39 is 0 Å². The molecule has 8 heteroatoms. The summed E-state index contributed by atoms with van der Waals surface area (Å²) in [5.74, 6) is 1.07. The van der Waals surface area contributed by atoms with E-state index in [1.54, 1.807) is 24.2 Å². The molecule has 0 atom stereocenters. The summed E-state index contributed by atoms with van der Waals surface area (Å²) in [5.41, 5.74) is 0.615. The second-order valence-electron chi connectivity index (χ2n) is 4.76. The van der Waals surface area contributed by atoms with E-state index in [4.69, 9.17) is 4.74 Å². The Morgan fingerprint density at radius 2 is 2.45 bits per heavy atom. The first-order valence-electron chi connectivity index (χ1n) is 6.51. The minimum atomic E-state index is -0.334. The van der Waals surface area contributed by atoms with Crippen LogP contribution in [0.3, 0.4) is 0 Å². The molecule has 0 aromatic carbocycles. The van der Waals surface area contributed by atoms with E-state index in [1.807, 2.05) is 0 Å². The van der Waals surface area contributed by atoms with Crippen LogP contribution in [-0.2, 0) is 11.3 Å². The number of methoxy groups -OCH3 is 1. The van der Waals surface area contributed by atoms with Crippen LogP contribution >= 0.6 is 0 Å². The first-order valence-corrected chi connectivity index (χ1v) is 6.51. The van der Waals surface area contributed by atoms with Gasteiger partial charge in [-0.25, -0.2) is 4.98 Å². The molecule has 1 aliphatic rings. The molecular weight excluding hydrogens is 260 g/mol. The summed E-state index contributed by atoms with van der Waals surface area (Å²) in [7, 11) is 1.63. The fraction of sp³-hybridized carbons (Fsp3) is 0.500. The monoisotopic (exact) mass is 276 g/mol. The second-order valence-corrected chi connectivity index (χ2v) is 4.76. The topological polar surface area (TPSA) is 97.7 Å². The quantitative estimate of drug-likeness (QED) is 0.812. The maximum atomic E-state index is 12.0. The standard InChI is InChI=1S/C12H16N6O2/c1-20-5-4-18-7-9(6-13-18)14-12(19)11-15-10(16-17-11)8-2-3-8/h6-8H,2-5H2,1H3,(H,14,19)(H,15,16,17). The van der Waals surface area contributed by atoms with Gasteiger partial charge in [-0.1, -0.05) is 0 Å². The van der Waals surface area contributed by atoms with Gasteiger partial charge in [0.1, 0.15) is 5.82 Å². The number of H-pyrrole nitrogens is 1. The molecule has 3 rings (SSSR count). The van der Waals surface area contributed by atoms with Crippen LogP contribution in [0.1, 0.15) is 35.2 Å². The van der Waals surface area contributed by atoms with Gasteiger partial charge in [-0.3, -0.25) is 14.6 Å². The molecular formula is C12H16N6O2. The van der Waals surface area contributed by atoms with Crippen molar-refractivity contribution in [2.45, 2.75) is 25.3 Å². The van der Waals surface area contributed by atoms with Crippen molar-refractivity contribution in [2.24, 2.45) is 0 Å². The Morgan fingerprint density at radius 3 is 3.20 bits per heavy atom. The van der Waals surface area contributed by atoms with Crippen molar-refractivity contribution in [3.05, 3.63) is 24.0 Å². The van der Waals surface area contributed by atoms with Gasteiger partial charge >= 0.3 is 0 Å². The first kappa shape index (κ1) is 12.8. The molecule has 1 amide bonds. The zero-order valence-electron chi connectivity index (χ0n) is 11.2. The molecule has 2 aromatic rings. The fourth-order valence-electron chi connectivity index (χ4n) is 1.84. The maximum absolute atomic E-state index is 12.0. The van der Waals surface area contributed by atoms with Crippen LogP contribution in [0.4, 0.5) is 5.69 Å². The smallest absolute Gasteiger partial charge is 0.295 e. The number of nitrogens with one attached hydrogen (secondary N) is 2. The molecule has 0 unspecified atom stereocenters. The maximum Gasteiger partial charge on any atom is 0.295 e. The minimum absolute atomic E-state index is 0.163. The highest BCUT2D eigenvalue weighted by atomic mass is 16.5. The lowest BCUT2D eigenvalue weighted by molar-refractivity contribution is 0.101. The van der Waals surface area contributed by atoms with Gasteiger partial charge in [-0.15, -0.1) is 5.10 Å². The molecule has 1 aliphatic carbocycles. The molecule has 2 heterocycles. The summed E-state index contributed by atoms with van der Waals surface area (Å²) in [6, 6.07) is 0. The molecule has 0 bridgehead atoms. The highest BCUT2D eigenvalue weighted by Gasteiger charge is 2.28. The Hall–Kier alpha value is -2.22. The number of ether oxygens (including phenoxy) is 1. The molecule has 8 nitrogen and oxygen atoms in total. The van der Waals surface area contributed by atoms with Crippen molar-refractivity contribution in [1.82, 2.24) is 25.0 Å². The summed E-state index contributed by atoms with van der Waals surface area (Å²) < 4.78 is 6.67. The van der Waals surface area contributed by atoms with Crippen molar-refractivity contribution < 1.29 is 9.53 Å². The van der Waals surface area contributed by atoms with E-state index in [9.17, 15) is 4.79 Å². The highest BCUT2D eigenvalue weighted by molar-refractivity contribution is 6.01. The summed E-state index contributed by atoms with van der Waals surface area (Å²) in [6.45, 7) is 1.21. The molecule has 2 N–H and O–H groups in total. The molecule has 0 saturated heterocycles. The van der Waals surface area contributed by atoms with Gasteiger partial charge < -0.3 is 10.1 Å². The summed E-state index contributed by atoms with van der Waals surface area (Å²) in [4.78, 5) is 16.2. The molecule has 20 heavy (non-hydrogen) atoms. The zero-order valence-corrected chi connectivity index (χ0v) is 11.2. The minimum Gasteiger partial charge on any atom is -0.383 e. The van der Waals surface area contributed by atoms with Crippen LogP contribution in [0.15, 0.2) is 12.4 Å². The summed E-state index contributed by atoms with van der Waals surface area (Å²) in [6.07, 6.45) is 5.55. The number of hydrogen-bond donors (Lipinski definition) is 2. The van der Waals surface area contributed by atoms with E-state index in [1.165, 1.54) is 0 Å². The zero-order chi connectivity index (χ0) is 13.9. The van der Waals surface area contributed by atoms with Gasteiger partial charge in [0.25, 0.3) is 5.91 Å². The SMILES string of the molecule is COCCn1cc(NC(=O)c2n[nH]c(C3CC3)n2)cn1. The van der Waals surface area contributed by atoms with Gasteiger partial charge in [0.15, 0.2) is 0 Å². The third-order valence-corrected chi connectivity index (χ3v) is 3.09. The van der Waals surface area contributed by atoms with E-state index in [0.717, 1.165) is 18.7 Å². The van der Waals surface area contributed by atoms with Crippen LogP contribution in [0, 0.1) is 0 Å². The van der Waals surface area contributed by atoms with Crippen LogP contribution in [-0.4, -0.2) is 44.6 Å². The Kier molecular flexibility index (Phi) is 3.46. The van der Waals surface area contributed by atoms with Crippen LogP contribution in [0.2, 0.25) is 0 Å². The van der Waals surface area contributed by atoms with Crippen molar-refractivity contribution in [1.29, 1.82) is 0 Å². The van der Waals surface area contributed by atoms with Crippen molar-refractivity contribution >= 4 is 11.6 Å². The number of aromatic nitrogens is 5. The van der Waals surface area contributed by atoms with Gasteiger partial charge in [-0.05, 0) is 12.8 Å².